The van der Waals surface area contributed by atoms with E-state index >= 15 is 0 Å². The Morgan fingerprint density at radius 1 is 0.967 bits per heavy atom. The molecule has 0 spiro atoms. The molecule has 2 amide bonds. The van der Waals surface area contributed by atoms with Crippen LogP contribution in [0.5, 0.6) is 0 Å². The topological polar surface area (TPSA) is 52.7 Å². The lowest BCUT2D eigenvalue weighted by Gasteiger charge is -2.32. The van der Waals surface area contributed by atoms with Crippen LogP contribution in [-0.4, -0.2) is 47.8 Å². The van der Waals surface area contributed by atoms with Gasteiger partial charge in [-0.05, 0) is 61.3 Å². The Bertz CT molecular complexity index is 846. The molecule has 0 bridgehead atoms. The number of carbonyl (C=O) groups excluding carboxylic acids is 2. The number of thiophene rings is 1. The molecule has 5 nitrogen and oxygen atoms in total. The third-order valence-electron chi connectivity index (χ3n) is 6.23. The molecule has 0 aliphatic carbocycles. The lowest BCUT2D eigenvalue weighted by molar-refractivity contribution is -0.126. The van der Waals surface area contributed by atoms with Crippen molar-refractivity contribution < 1.29 is 9.59 Å². The number of nitrogens with zero attached hydrogens (tertiary/aromatic N) is 2. The summed E-state index contributed by atoms with van der Waals surface area (Å²) in [5, 5.41) is 5.07. The molecular weight excluding hydrogens is 394 g/mol. The first-order valence-corrected chi connectivity index (χ1v) is 12.0. The SMILES string of the molecule is O=C(NCc1ccccc1CN1CCCCC1)C1CCCN(C(=O)c2cccs2)C1. The van der Waals surface area contributed by atoms with E-state index in [4.69, 9.17) is 0 Å². The first-order valence-electron chi connectivity index (χ1n) is 11.1. The van der Waals surface area contributed by atoms with Gasteiger partial charge in [0.1, 0.15) is 0 Å². The van der Waals surface area contributed by atoms with Crippen LogP contribution >= 0.6 is 11.3 Å². The minimum absolute atomic E-state index is 0.0503. The molecule has 1 aromatic heterocycles. The van der Waals surface area contributed by atoms with Crippen LogP contribution < -0.4 is 5.32 Å². The van der Waals surface area contributed by atoms with Crippen LogP contribution in [-0.2, 0) is 17.9 Å². The van der Waals surface area contributed by atoms with Gasteiger partial charge in [-0.2, -0.15) is 0 Å². The summed E-state index contributed by atoms with van der Waals surface area (Å²) in [5.41, 5.74) is 2.50. The van der Waals surface area contributed by atoms with Crippen molar-refractivity contribution in [3.05, 3.63) is 57.8 Å². The molecule has 1 N–H and O–H groups in total. The highest BCUT2D eigenvalue weighted by Crippen LogP contribution is 2.21. The molecule has 30 heavy (non-hydrogen) atoms. The smallest absolute Gasteiger partial charge is 0.263 e. The molecule has 2 aromatic rings. The summed E-state index contributed by atoms with van der Waals surface area (Å²) in [7, 11) is 0. The first kappa shape index (κ1) is 21.1. The Hall–Kier alpha value is -2.18. The number of carbonyl (C=O) groups is 2. The molecule has 0 saturated carbocycles. The molecule has 1 atom stereocenters. The van der Waals surface area contributed by atoms with Gasteiger partial charge in [-0.3, -0.25) is 14.5 Å². The molecule has 0 radical (unpaired) electrons. The molecule has 160 valence electrons. The van der Waals surface area contributed by atoms with E-state index in [0.717, 1.165) is 43.9 Å². The van der Waals surface area contributed by atoms with Crippen LogP contribution in [0.15, 0.2) is 41.8 Å². The van der Waals surface area contributed by atoms with Crippen molar-refractivity contribution in [2.24, 2.45) is 5.92 Å². The van der Waals surface area contributed by atoms with Crippen LogP contribution in [0.4, 0.5) is 0 Å². The molecule has 2 saturated heterocycles. The second-order valence-corrected chi connectivity index (χ2v) is 9.34. The maximum absolute atomic E-state index is 12.9. The van der Waals surface area contributed by atoms with E-state index < -0.39 is 0 Å². The number of nitrogens with one attached hydrogen (secondary N) is 1. The third-order valence-corrected chi connectivity index (χ3v) is 7.08. The molecule has 2 fully saturated rings. The average Bonchev–Trinajstić information content (AvgIpc) is 3.33. The highest BCUT2D eigenvalue weighted by molar-refractivity contribution is 7.12. The largest absolute Gasteiger partial charge is 0.352 e. The zero-order chi connectivity index (χ0) is 20.8. The van der Waals surface area contributed by atoms with Crippen molar-refractivity contribution >= 4 is 23.2 Å². The Balaban J connectivity index is 1.32. The van der Waals surface area contributed by atoms with Gasteiger partial charge in [0, 0.05) is 26.2 Å². The van der Waals surface area contributed by atoms with Crippen LogP contribution in [0.2, 0.25) is 0 Å². The predicted octanol–water partition coefficient (Wildman–Crippen LogP) is 3.90. The van der Waals surface area contributed by atoms with Crippen molar-refractivity contribution in [2.75, 3.05) is 26.2 Å². The van der Waals surface area contributed by atoms with Crippen molar-refractivity contribution in [1.29, 1.82) is 0 Å². The molecule has 3 heterocycles. The summed E-state index contributed by atoms with van der Waals surface area (Å²) in [5.74, 6) is -0.0160. The van der Waals surface area contributed by atoms with Gasteiger partial charge in [0.25, 0.3) is 5.91 Å². The summed E-state index contributed by atoms with van der Waals surface area (Å²) in [6, 6.07) is 12.2. The van der Waals surface area contributed by atoms with Crippen LogP contribution in [0.3, 0.4) is 0 Å². The zero-order valence-electron chi connectivity index (χ0n) is 17.5. The lowest BCUT2D eigenvalue weighted by atomic mass is 9.96. The van der Waals surface area contributed by atoms with E-state index in [1.807, 2.05) is 28.5 Å². The average molecular weight is 426 g/mol. The van der Waals surface area contributed by atoms with Crippen molar-refractivity contribution in [1.82, 2.24) is 15.1 Å². The summed E-state index contributed by atoms with van der Waals surface area (Å²) in [4.78, 5) is 30.6. The van der Waals surface area contributed by atoms with Crippen molar-refractivity contribution in [2.45, 2.75) is 45.2 Å². The Morgan fingerprint density at radius 3 is 2.53 bits per heavy atom. The van der Waals surface area contributed by atoms with Gasteiger partial charge in [-0.1, -0.05) is 36.8 Å². The van der Waals surface area contributed by atoms with Gasteiger partial charge in [-0.15, -0.1) is 11.3 Å². The molecule has 2 aliphatic heterocycles. The molecular formula is C24H31N3O2S. The summed E-state index contributed by atoms with van der Waals surface area (Å²) < 4.78 is 0. The first-order chi connectivity index (χ1) is 14.7. The van der Waals surface area contributed by atoms with E-state index in [-0.39, 0.29) is 17.7 Å². The quantitative estimate of drug-likeness (QED) is 0.764. The fraction of sp³-hybridized carbons (Fsp3) is 0.500. The van der Waals surface area contributed by atoms with Crippen molar-refractivity contribution in [3.8, 4) is 0 Å². The fourth-order valence-electron chi connectivity index (χ4n) is 4.50. The van der Waals surface area contributed by atoms with Gasteiger partial charge in [0.15, 0.2) is 0 Å². The lowest BCUT2D eigenvalue weighted by Crippen LogP contribution is -2.45. The highest BCUT2D eigenvalue weighted by atomic mass is 32.1. The Labute approximate surface area is 183 Å². The summed E-state index contributed by atoms with van der Waals surface area (Å²) >= 11 is 1.46. The molecule has 1 unspecified atom stereocenters. The van der Waals surface area contributed by atoms with E-state index in [0.29, 0.717) is 13.1 Å². The highest BCUT2D eigenvalue weighted by Gasteiger charge is 2.29. The maximum atomic E-state index is 12.9. The summed E-state index contributed by atoms with van der Waals surface area (Å²) in [6.45, 7) is 5.09. The number of rotatable bonds is 6. The summed E-state index contributed by atoms with van der Waals surface area (Å²) in [6.07, 6.45) is 5.61. The molecule has 4 rings (SSSR count). The number of amides is 2. The number of likely N-dealkylation sites (tertiary alicyclic amines) is 2. The Morgan fingerprint density at radius 2 is 1.77 bits per heavy atom. The van der Waals surface area contributed by atoms with Gasteiger partial charge >= 0.3 is 0 Å². The van der Waals surface area contributed by atoms with Gasteiger partial charge in [0.2, 0.25) is 5.91 Å². The third kappa shape index (κ3) is 5.29. The van der Waals surface area contributed by atoms with Crippen LogP contribution in [0.1, 0.15) is 52.9 Å². The second kappa shape index (κ2) is 10.2. The van der Waals surface area contributed by atoms with E-state index in [1.54, 1.807) is 0 Å². The second-order valence-electron chi connectivity index (χ2n) is 8.39. The molecule has 1 aromatic carbocycles. The van der Waals surface area contributed by atoms with Gasteiger partial charge < -0.3 is 10.2 Å². The van der Waals surface area contributed by atoms with E-state index in [9.17, 15) is 9.59 Å². The zero-order valence-corrected chi connectivity index (χ0v) is 18.3. The molecule has 2 aliphatic rings. The number of hydrogen-bond donors (Lipinski definition) is 1. The van der Waals surface area contributed by atoms with Crippen LogP contribution in [0.25, 0.3) is 0 Å². The monoisotopic (exact) mass is 425 g/mol. The number of piperidine rings is 2. The Kier molecular flexibility index (Phi) is 7.18. The van der Waals surface area contributed by atoms with Gasteiger partial charge in [0.05, 0.1) is 10.8 Å². The van der Waals surface area contributed by atoms with Crippen molar-refractivity contribution in [3.63, 3.8) is 0 Å². The van der Waals surface area contributed by atoms with E-state index in [1.165, 1.54) is 41.7 Å². The predicted molar refractivity (Wildman–Crippen MR) is 120 cm³/mol. The number of hydrogen-bond acceptors (Lipinski definition) is 4. The molecule has 6 heteroatoms. The van der Waals surface area contributed by atoms with Gasteiger partial charge in [-0.25, -0.2) is 0 Å². The maximum Gasteiger partial charge on any atom is 0.263 e. The minimum atomic E-state index is -0.128. The minimum Gasteiger partial charge on any atom is -0.352 e. The normalized spacial score (nSPS) is 20.1. The standard InChI is InChI=1S/C24H31N3O2S/c28-23(21-10-6-14-27(18-21)24(29)22-11-7-15-30-22)25-16-19-8-2-3-9-20(19)17-26-12-4-1-5-13-26/h2-3,7-9,11,15,21H,1,4-6,10,12-14,16-18H2,(H,25,28). The number of benzene rings is 1. The fourth-order valence-corrected chi connectivity index (χ4v) is 5.19. The van der Waals surface area contributed by atoms with Crippen LogP contribution in [0, 0.1) is 5.92 Å². The van der Waals surface area contributed by atoms with E-state index in [2.05, 4.69) is 28.4 Å².